The van der Waals surface area contributed by atoms with Crippen LogP contribution in [0.1, 0.15) is 17.5 Å². The molecule has 0 fully saturated rings. The molecule has 0 aliphatic heterocycles. The highest BCUT2D eigenvalue weighted by atomic mass is 127. The first kappa shape index (κ1) is 26.9. The van der Waals surface area contributed by atoms with Crippen LogP contribution in [0, 0.1) is 0 Å². The van der Waals surface area contributed by atoms with E-state index in [0.29, 0.717) is 44.4 Å². The number of nitrogens with one attached hydrogen (secondary N) is 2. The second-order valence-electron chi connectivity index (χ2n) is 5.74. The first-order valence-corrected chi connectivity index (χ1v) is 8.68. The third-order valence-corrected chi connectivity index (χ3v) is 3.40. The molecule has 0 saturated carbocycles. The summed E-state index contributed by atoms with van der Waals surface area (Å²) in [6.45, 7) is 1.66. The Hall–Kier alpha value is -1.11. The number of aliphatic imine (C=N–C) groups is 1. The Morgan fingerprint density at radius 1 is 1.07 bits per heavy atom. The van der Waals surface area contributed by atoms with Crippen molar-refractivity contribution in [3.05, 3.63) is 35.4 Å². The summed E-state index contributed by atoms with van der Waals surface area (Å²) in [4.78, 5) is 4.13. The SMILES string of the molecule is CN=C(NCCCOCCOC)NCc1cccc(COCC(F)(F)F)c1.I. The van der Waals surface area contributed by atoms with Crippen molar-refractivity contribution in [1.29, 1.82) is 0 Å². The van der Waals surface area contributed by atoms with Crippen molar-refractivity contribution in [2.24, 2.45) is 4.99 Å². The van der Waals surface area contributed by atoms with Crippen LogP contribution < -0.4 is 10.6 Å². The van der Waals surface area contributed by atoms with Gasteiger partial charge in [0, 0.05) is 33.9 Å². The lowest BCUT2D eigenvalue weighted by Crippen LogP contribution is -2.37. The third-order valence-electron chi connectivity index (χ3n) is 3.40. The van der Waals surface area contributed by atoms with Crippen LogP contribution in [0.2, 0.25) is 0 Å². The fourth-order valence-electron chi connectivity index (χ4n) is 2.15. The van der Waals surface area contributed by atoms with E-state index in [9.17, 15) is 13.2 Å². The third kappa shape index (κ3) is 14.0. The average molecular weight is 519 g/mol. The Bertz CT molecular complexity index is 560. The molecule has 1 rings (SSSR count). The van der Waals surface area contributed by atoms with Gasteiger partial charge in [-0.15, -0.1) is 24.0 Å². The van der Waals surface area contributed by atoms with Crippen molar-refractivity contribution in [2.45, 2.75) is 25.7 Å². The predicted molar refractivity (Wildman–Crippen MR) is 113 cm³/mol. The van der Waals surface area contributed by atoms with Gasteiger partial charge in [0.05, 0.1) is 19.8 Å². The molecule has 0 heterocycles. The van der Waals surface area contributed by atoms with Gasteiger partial charge in [-0.05, 0) is 17.5 Å². The molecule has 2 N–H and O–H groups in total. The molecule has 6 nitrogen and oxygen atoms in total. The summed E-state index contributed by atoms with van der Waals surface area (Å²) < 4.78 is 51.3. The normalized spacial score (nSPS) is 11.8. The van der Waals surface area contributed by atoms with Crippen LogP contribution in [-0.2, 0) is 27.4 Å². The number of ether oxygens (including phenoxy) is 3. The maximum atomic E-state index is 12.1. The summed E-state index contributed by atoms with van der Waals surface area (Å²) in [7, 11) is 3.30. The maximum Gasteiger partial charge on any atom is 0.411 e. The molecule has 0 aliphatic carbocycles. The van der Waals surface area contributed by atoms with Gasteiger partial charge in [-0.3, -0.25) is 4.99 Å². The second kappa shape index (κ2) is 15.8. The van der Waals surface area contributed by atoms with Gasteiger partial charge in [0.15, 0.2) is 5.96 Å². The largest absolute Gasteiger partial charge is 0.411 e. The zero-order chi connectivity index (χ0) is 20.0. The van der Waals surface area contributed by atoms with E-state index in [1.165, 1.54) is 0 Å². The Morgan fingerprint density at radius 2 is 1.82 bits per heavy atom. The number of hydrogen-bond donors (Lipinski definition) is 2. The van der Waals surface area contributed by atoms with Gasteiger partial charge >= 0.3 is 6.18 Å². The molecule has 10 heteroatoms. The summed E-state index contributed by atoms with van der Waals surface area (Å²) >= 11 is 0. The molecule has 28 heavy (non-hydrogen) atoms. The van der Waals surface area contributed by atoms with E-state index >= 15 is 0 Å². The van der Waals surface area contributed by atoms with E-state index in [0.717, 1.165) is 12.0 Å². The number of guanidine groups is 1. The fraction of sp³-hybridized carbons (Fsp3) is 0.611. The van der Waals surface area contributed by atoms with Crippen molar-refractivity contribution in [1.82, 2.24) is 10.6 Å². The van der Waals surface area contributed by atoms with Crippen LogP contribution in [0.3, 0.4) is 0 Å². The summed E-state index contributed by atoms with van der Waals surface area (Å²) in [5.41, 5.74) is 1.61. The first-order valence-electron chi connectivity index (χ1n) is 8.68. The number of halogens is 4. The maximum absolute atomic E-state index is 12.1. The van der Waals surface area contributed by atoms with Crippen molar-refractivity contribution >= 4 is 29.9 Å². The molecule has 1 aromatic rings. The lowest BCUT2D eigenvalue weighted by atomic mass is 10.1. The van der Waals surface area contributed by atoms with Gasteiger partial charge in [-0.1, -0.05) is 24.3 Å². The number of benzene rings is 1. The summed E-state index contributed by atoms with van der Waals surface area (Å²) in [5, 5.41) is 6.34. The zero-order valence-corrected chi connectivity index (χ0v) is 18.5. The second-order valence-corrected chi connectivity index (χ2v) is 5.74. The van der Waals surface area contributed by atoms with Gasteiger partial charge in [0.2, 0.25) is 0 Å². The molecule has 1 aromatic carbocycles. The van der Waals surface area contributed by atoms with Crippen LogP contribution >= 0.6 is 24.0 Å². The Balaban J connectivity index is 0.00000729. The Morgan fingerprint density at radius 3 is 2.50 bits per heavy atom. The van der Waals surface area contributed by atoms with E-state index < -0.39 is 12.8 Å². The summed E-state index contributed by atoms with van der Waals surface area (Å²) in [5.74, 6) is 0.644. The Labute approximate surface area is 181 Å². The fourth-order valence-corrected chi connectivity index (χ4v) is 2.15. The van der Waals surface area contributed by atoms with Crippen LogP contribution in [0.4, 0.5) is 13.2 Å². The molecule has 0 aromatic heterocycles. The standard InChI is InChI=1S/C18H28F3N3O3.HI/c1-22-17(23-7-4-8-26-10-9-25-2)24-12-15-5-3-6-16(11-15)13-27-14-18(19,20)21;/h3,5-6,11H,4,7-10,12-14H2,1-2H3,(H2,22,23,24);1H. The van der Waals surface area contributed by atoms with Crippen molar-refractivity contribution in [2.75, 3.05) is 47.1 Å². The van der Waals surface area contributed by atoms with Crippen molar-refractivity contribution in [3.8, 4) is 0 Å². The molecule has 0 radical (unpaired) electrons. The number of alkyl halides is 3. The number of hydrogen-bond acceptors (Lipinski definition) is 4. The number of rotatable bonds is 12. The predicted octanol–water partition coefficient (Wildman–Crippen LogP) is 3.10. The first-order chi connectivity index (χ1) is 12.9. The Kier molecular flexibility index (Phi) is 15.1. The van der Waals surface area contributed by atoms with Crippen LogP contribution in [0.5, 0.6) is 0 Å². The van der Waals surface area contributed by atoms with Gasteiger partial charge in [-0.2, -0.15) is 13.2 Å². The molecule has 0 spiro atoms. The monoisotopic (exact) mass is 519 g/mol. The van der Waals surface area contributed by atoms with E-state index in [1.807, 2.05) is 6.07 Å². The molecular formula is C18H29F3IN3O3. The highest BCUT2D eigenvalue weighted by Crippen LogP contribution is 2.16. The molecule has 0 unspecified atom stereocenters. The molecule has 0 amide bonds. The van der Waals surface area contributed by atoms with Crippen LogP contribution in [0.25, 0.3) is 0 Å². The zero-order valence-electron chi connectivity index (χ0n) is 16.2. The van der Waals surface area contributed by atoms with E-state index in [4.69, 9.17) is 9.47 Å². The van der Waals surface area contributed by atoms with Gasteiger partial charge in [-0.25, -0.2) is 0 Å². The van der Waals surface area contributed by atoms with E-state index in [-0.39, 0.29) is 30.6 Å². The van der Waals surface area contributed by atoms with Crippen LogP contribution in [0.15, 0.2) is 29.3 Å². The van der Waals surface area contributed by atoms with Crippen molar-refractivity contribution < 1.29 is 27.4 Å². The van der Waals surface area contributed by atoms with Crippen molar-refractivity contribution in [3.63, 3.8) is 0 Å². The van der Waals surface area contributed by atoms with E-state index in [2.05, 4.69) is 20.4 Å². The molecule has 0 atom stereocenters. The molecule has 162 valence electrons. The topological polar surface area (TPSA) is 64.1 Å². The minimum atomic E-state index is -4.31. The lowest BCUT2D eigenvalue weighted by molar-refractivity contribution is -0.176. The summed E-state index contributed by atoms with van der Waals surface area (Å²) in [6.07, 6.45) is -3.48. The molecule has 0 aliphatic rings. The average Bonchev–Trinajstić information content (AvgIpc) is 2.63. The van der Waals surface area contributed by atoms with Gasteiger partial charge < -0.3 is 24.8 Å². The molecule has 0 saturated heterocycles. The minimum absolute atomic E-state index is 0. The van der Waals surface area contributed by atoms with Gasteiger partial charge in [0.1, 0.15) is 6.61 Å². The highest BCUT2D eigenvalue weighted by molar-refractivity contribution is 14.0. The highest BCUT2D eigenvalue weighted by Gasteiger charge is 2.27. The number of methoxy groups -OCH3 is 1. The van der Waals surface area contributed by atoms with E-state index in [1.54, 1.807) is 32.4 Å². The quantitative estimate of drug-likeness (QED) is 0.193. The number of nitrogens with zero attached hydrogens (tertiary/aromatic N) is 1. The lowest BCUT2D eigenvalue weighted by Gasteiger charge is -2.13. The smallest absolute Gasteiger partial charge is 0.382 e. The molecular weight excluding hydrogens is 490 g/mol. The van der Waals surface area contributed by atoms with Crippen LogP contribution in [-0.4, -0.2) is 59.3 Å². The minimum Gasteiger partial charge on any atom is -0.382 e. The summed E-state index contributed by atoms with van der Waals surface area (Å²) in [6, 6.07) is 7.21. The van der Waals surface area contributed by atoms with Gasteiger partial charge in [0.25, 0.3) is 0 Å². The molecule has 0 bridgehead atoms.